The lowest BCUT2D eigenvalue weighted by molar-refractivity contribution is -0.135. The minimum Gasteiger partial charge on any atom is -0.487 e. The molecule has 2 heterocycles. The van der Waals surface area contributed by atoms with Crippen molar-refractivity contribution in [2.45, 2.75) is 32.3 Å². The molecule has 3 amide bonds. The summed E-state index contributed by atoms with van der Waals surface area (Å²) in [5.74, 6) is 0.222. The van der Waals surface area contributed by atoms with Crippen molar-refractivity contribution in [3.8, 4) is 5.75 Å². The van der Waals surface area contributed by atoms with Gasteiger partial charge in [0, 0.05) is 16.7 Å². The average molecular weight is 828 g/mol. The van der Waals surface area contributed by atoms with Crippen LogP contribution in [-0.4, -0.2) is 46.5 Å². The van der Waals surface area contributed by atoms with E-state index in [1.165, 1.54) is 3.57 Å². The van der Waals surface area contributed by atoms with Crippen molar-refractivity contribution in [3.63, 3.8) is 0 Å². The molecule has 0 spiro atoms. The van der Waals surface area contributed by atoms with Crippen molar-refractivity contribution in [1.29, 1.82) is 0 Å². The maximum atomic E-state index is 12.9. The Kier molecular flexibility index (Phi) is 9.77. The standard InChI is InChI=1S/C25H23I3N2O4S/c26-18-7-5-16(6-8-18)15-34-23-19(27)11-17(12-20(23)28)13-21-24(32)30(25(33)35-21)14-22(31)29-9-3-1-2-4-10-29/h5-8,11-13H,1-4,9-10,14-15H2. The van der Waals surface area contributed by atoms with Gasteiger partial charge in [0.05, 0.1) is 12.0 Å². The van der Waals surface area contributed by atoms with Crippen LogP contribution in [0.2, 0.25) is 0 Å². The zero-order valence-corrected chi connectivity index (χ0v) is 26.1. The summed E-state index contributed by atoms with van der Waals surface area (Å²) in [6, 6.07) is 12.1. The fourth-order valence-electron chi connectivity index (χ4n) is 3.88. The summed E-state index contributed by atoms with van der Waals surface area (Å²) < 4.78 is 9.08. The van der Waals surface area contributed by atoms with Crippen molar-refractivity contribution < 1.29 is 19.1 Å². The largest absolute Gasteiger partial charge is 0.487 e. The zero-order chi connectivity index (χ0) is 24.9. The summed E-state index contributed by atoms with van der Waals surface area (Å²) in [6.07, 6.45) is 5.88. The van der Waals surface area contributed by atoms with Gasteiger partial charge >= 0.3 is 0 Å². The molecule has 2 saturated heterocycles. The maximum Gasteiger partial charge on any atom is 0.294 e. The van der Waals surface area contributed by atoms with Gasteiger partial charge in [0.1, 0.15) is 18.9 Å². The summed E-state index contributed by atoms with van der Waals surface area (Å²) in [6.45, 7) is 1.66. The fraction of sp³-hybridized carbons (Fsp3) is 0.320. The van der Waals surface area contributed by atoms with Gasteiger partial charge in [-0.2, -0.15) is 0 Å². The van der Waals surface area contributed by atoms with Gasteiger partial charge in [0.25, 0.3) is 11.1 Å². The van der Waals surface area contributed by atoms with E-state index in [9.17, 15) is 14.4 Å². The molecule has 2 aromatic rings. The van der Waals surface area contributed by atoms with E-state index in [4.69, 9.17) is 4.74 Å². The molecule has 2 aromatic carbocycles. The van der Waals surface area contributed by atoms with Gasteiger partial charge in [-0.25, -0.2) is 0 Å². The Balaban J connectivity index is 1.44. The molecule has 2 fully saturated rings. The first kappa shape index (κ1) is 27.2. The van der Waals surface area contributed by atoms with Crippen LogP contribution in [0.25, 0.3) is 6.08 Å². The summed E-state index contributed by atoms with van der Waals surface area (Å²) >= 11 is 7.61. The van der Waals surface area contributed by atoms with Crippen LogP contribution < -0.4 is 4.74 Å². The second-order valence-electron chi connectivity index (χ2n) is 8.29. The number of likely N-dealkylation sites (tertiary alicyclic amines) is 1. The average Bonchev–Trinajstić information content (AvgIpc) is 3.01. The van der Waals surface area contributed by atoms with Gasteiger partial charge in [-0.05, 0) is 134 Å². The third-order valence-corrected chi connectivity index (χ3v) is 8.97. The number of halogens is 3. The Morgan fingerprint density at radius 1 is 0.971 bits per heavy atom. The molecule has 0 atom stereocenters. The number of carbonyl (C=O) groups excluding carboxylic acids is 3. The Morgan fingerprint density at radius 2 is 1.60 bits per heavy atom. The summed E-state index contributed by atoms with van der Waals surface area (Å²) in [5, 5.41) is -0.397. The van der Waals surface area contributed by atoms with Crippen LogP contribution in [0.4, 0.5) is 4.79 Å². The van der Waals surface area contributed by atoms with Crippen LogP contribution in [0.1, 0.15) is 36.8 Å². The predicted molar refractivity (Wildman–Crippen MR) is 163 cm³/mol. The van der Waals surface area contributed by atoms with Gasteiger partial charge in [0.15, 0.2) is 0 Å². The molecule has 0 N–H and O–H groups in total. The molecular weight excluding hydrogens is 805 g/mol. The number of hydrogen-bond donors (Lipinski definition) is 0. The van der Waals surface area contributed by atoms with E-state index < -0.39 is 11.1 Å². The van der Waals surface area contributed by atoms with Crippen molar-refractivity contribution in [1.82, 2.24) is 9.80 Å². The van der Waals surface area contributed by atoms with E-state index in [1.54, 1.807) is 11.0 Å². The normalized spacial score (nSPS) is 17.7. The highest BCUT2D eigenvalue weighted by Gasteiger charge is 2.37. The molecule has 35 heavy (non-hydrogen) atoms. The van der Waals surface area contributed by atoms with Gasteiger partial charge in [0.2, 0.25) is 5.91 Å². The Labute approximate surface area is 250 Å². The smallest absolute Gasteiger partial charge is 0.294 e. The van der Waals surface area contributed by atoms with E-state index in [0.717, 1.165) is 66.4 Å². The molecule has 0 bridgehead atoms. The molecule has 2 aliphatic heterocycles. The minimum atomic E-state index is -0.410. The van der Waals surface area contributed by atoms with Crippen LogP contribution in [0.15, 0.2) is 41.3 Å². The third kappa shape index (κ3) is 7.12. The number of benzene rings is 2. The van der Waals surface area contributed by atoms with E-state index in [2.05, 4.69) is 67.8 Å². The lowest BCUT2D eigenvalue weighted by Crippen LogP contribution is -2.42. The van der Waals surface area contributed by atoms with Gasteiger partial charge in [-0.15, -0.1) is 0 Å². The summed E-state index contributed by atoms with van der Waals surface area (Å²) in [5.41, 5.74) is 1.90. The summed E-state index contributed by atoms with van der Waals surface area (Å²) in [7, 11) is 0. The topological polar surface area (TPSA) is 66.9 Å². The SMILES string of the molecule is O=C(CN1C(=O)SC(=Cc2cc(I)c(OCc3ccc(I)cc3)c(I)c2)C1=O)N1CCCCCC1. The lowest BCUT2D eigenvalue weighted by Gasteiger charge is -2.22. The predicted octanol–water partition coefficient (Wildman–Crippen LogP) is 6.52. The molecule has 0 aliphatic carbocycles. The first-order chi connectivity index (χ1) is 16.8. The molecule has 0 radical (unpaired) electrons. The first-order valence-corrected chi connectivity index (χ1v) is 15.3. The fourth-order valence-corrected chi connectivity index (χ4v) is 7.21. The van der Waals surface area contributed by atoms with Gasteiger partial charge in [-0.3, -0.25) is 19.3 Å². The van der Waals surface area contributed by atoms with Crippen LogP contribution in [0.5, 0.6) is 5.75 Å². The number of hydrogen-bond acceptors (Lipinski definition) is 5. The number of carbonyl (C=O) groups is 3. The van der Waals surface area contributed by atoms with E-state index >= 15 is 0 Å². The molecule has 0 saturated carbocycles. The molecule has 2 aliphatic rings. The molecular formula is C25H23I3N2O4S. The number of imide groups is 1. The third-order valence-electron chi connectivity index (χ3n) is 5.74. The van der Waals surface area contributed by atoms with Gasteiger partial charge < -0.3 is 9.64 Å². The van der Waals surface area contributed by atoms with Crippen molar-refractivity contribution >= 4 is 103 Å². The molecule has 4 rings (SSSR count). The van der Waals surface area contributed by atoms with Crippen LogP contribution in [0.3, 0.4) is 0 Å². The Morgan fingerprint density at radius 3 is 2.23 bits per heavy atom. The molecule has 10 heteroatoms. The second-order valence-corrected chi connectivity index (χ2v) is 12.9. The Bertz CT molecular complexity index is 1140. The van der Waals surface area contributed by atoms with Crippen molar-refractivity contribution in [2.24, 2.45) is 0 Å². The molecule has 184 valence electrons. The van der Waals surface area contributed by atoms with Crippen molar-refractivity contribution in [2.75, 3.05) is 19.6 Å². The first-order valence-electron chi connectivity index (χ1n) is 11.2. The number of thioether (sulfide) groups is 1. The monoisotopic (exact) mass is 828 g/mol. The number of rotatable bonds is 6. The number of nitrogens with zero attached hydrogens (tertiary/aromatic N) is 2. The van der Waals surface area contributed by atoms with Crippen LogP contribution >= 0.6 is 79.5 Å². The zero-order valence-electron chi connectivity index (χ0n) is 18.8. The quantitative estimate of drug-likeness (QED) is 0.246. The molecule has 0 aromatic heterocycles. The van der Waals surface area contributed by atoms with E-state index in [-0.39, 0.29) is 12.5 Å². The maximum absolute atomic E-state index is 12.9. The van der Waals surface area contributed by atoms with E-state index in [0.29, 0.717) is 24.6 Å². The number of amides is 3. The van der Waals surface area contributed by atoms with Crippen LogP contribution in [-0.2, 0) is 16.2 Å². The van der Waals surface area contributed by atoms with Gasteiger partial charge in [-0.1, -0.05) is 25.0 Å². The molecule has 0 unspecified atom stereocenters. The second kappa shape index (κ2) is 12.6. The highest BCUT2D eigenvalue weighted by atomic mass is 127. The van der Waals surface area contributed by atoms with Crippen molar-refractivity contribution in [3.05, 3.63) is 63.1 Å². The minimum absolute atomic E-state index is 0.158. The van der Waals surface area contributed by atoms with E-state index in [1.807, 2.05) is 36.4 Å². The highest BCUT2D eigenvalue weighted by molar-refractivity contribution is 14.1. The Hall–Kier alpha value is -0.870. The highest BCUT2D eigenvalue weighted by Crippen LogP contribution is 2.35. The lowest BCUT2D eigenvalue weighted by atomic mass is 10.2. The number of ether oxygens (including phenoxy) is 1. The molecule has 6 nitrogen and oxygen atoms in total. The van der Waals surface area contributed by atoms with Crippen LogP contribution in [0, 0.1) is 10.7 Å². The summed E-state index contributed by atoms with van der Waals surface area (Å²) in [4.78, 5) is 41.4.